The SMILES string of the molecule is CCOC(=O)C(Cc1ccc(C(F)(F)F)cc1)C(O)c1ccc(F)cc1F. The molecule has 0 aromatic heterocycles. The number of alkyl halides is 3. The van der Waals surface area contributed by atoms with Gasteiger partial charge in [0.1, 0.15) is 11.6 Å². The molecule has 1 N–H and O–H groups in total. The predicted octanol–water partition coefficient (Wildman–Crippen LogP) is 4.44. The van der Waals surface area contributed by atoms with E-state index in [2.05, 4.69) is 0 Å². The van der Waals surface area contributed by atoms with E-state index in [1.54, 1.807) is 0 Å². The van der Waals surface area contributed by atoms with E-state index in [0.29, 0.717) is 11.6 Å². The van der Waals surface area contributed by atoms with E-state index < -0.39 is 41.4 Å². The maximum absolute atomic E-state index is 14.0. The molecule has 0 amide bonds. The van der Waals surface area contributed by atoms with Crippen LogP contribution in [0.5, 0.6) is 0 Å². The number of aliphatic hydroxyl groups excluding tert-OH is 1. The van der Waals surface area contributed by atoms with Crippen molar-refractivity contribution in [3.8, 4) is 0 Å². The fourth-order valence-corrected chi connectivity index (χ4v) is 2.62. The molecular weight excluding hydrogens is 371 g/mol. The first-order valence-electron chi connectivity index (χ1n) is 8.09. The number of benzene rings is 2. The van der Waals surface area contributed by atoms with Gasteiger partial charge in [0.25, 0.3) is 0 Å². The molecule has 27 heavy (non-hydrogen) atoms. The van der Waals surface area contributed by atoms with Crippen LogP contribution in [0.3, 0.4) is 0 Å². The Morgan fingerprint density at radius 1 is 1.11 bits per heavy atom. The summed E-state index contributed by atoms with van der Waals surface area (Å²) in [7, 11) is 0. The average Bonchev–Trinajstić information content (AvgIpc) is 2.59. The maximum atomic E-state index is 14.0. The van der Waals surface area contributed by atoms with E-state index in [0.717, 1.165) is 24.3 Å². The molecule has 8 heteroatoms. The van der Waals surface area contributed by atoms with Crippen LogP contribution in [0.25, 0.3) is 0 Å². The molecule has 0 spiro atoms. The van der Waals surface area contributed by atoms with Crippen LogP contribution in [0.1, 0.15) is 29.7 Å². The summed E-state index contributed by atoms with van der Waals surface area (Å²) in [6, 6.07) is 6.55. The Labute approximate surface area is 152 Å². The summed E-state index contributed by atoms with van der Waals surface area (Å²) >= 11 is 0. The summed E-state index contributed by atoms with van der Waals surface area (Å²) < 4.78 is 69.9. The molecule has 146 valence electrons. The molecule has 0 aliphatic carbocycles. The molecule has 0 bridgehead atoms. The lowest BCUT2D eigenvalue weighted by atomic mass is 9.89. The first kappa shape index (κ1) is 20.8. The van der Waals surface area contributed by atoms with Crippen LogP contribution in [-0.2, 0) is 22.1 Å². The molecule has 2 unspecified atom stereocenters. The normalized spacial score (nSPS) is 13.9. The number of rotatable bonds is 6. The molecule has 0 radical (unpaired) electrons. The number of esters is 1. The number of halogens is 5. The minimum absolute atomic E-state index is 0.000957. The summed E-state index contributed by atoms with van der Waals surface area (Å²) in [6.07, 6.45) is -6.35. The predicted molar refractivity (Wildman–Crippen MR) is 86.6 cm³/mol. The molecule has 2 atom stereocenters. The molecular formula is C19H17F5O3. The van der Waals surface area contributed by atoms with Crippen molar-refractivity contribution in [2.24, 2.45) is 5.92 Å². The zero-order valence-corrected chi connectivity index (χ0v) is 14.3. The standard InChI is InChI=1S/C19H17F5O3/c1-2-27-18(26)15(17(25)14-8-7-13(20)10-16(14)21)9-11-3-5-12(6-4-11)19(22,23)24/h3-8,10,15,17,25H,2,9H2,1H3. The van der Waals surface area contributed by atoms with Crippen LogP contribution in [0.15, 0.2) is 42.5 Å². The van der Waals surface area contributed by atoms with Gasteiger partial charge in [-0.3, -0.25) is 4.79 Å². The molecule has 0 aliphatic rings. The lowest BCUT2D eigenvalue weighted by molar-refractivity contribution is -0.152. The van der Waals surface area contributed by atoms with Crippen molar-refractivity contribution in [1.82, 2.24) is 0 Å². The molecule has 0 saturated heterocycles. The van der Waals surface area contributed by atoms with Gasteiger partial charge in [0.15, 0.2) is 0 Å². The lowest BCUT2D eigenvalue weighted by Gasteiger charge is -2.22. The molecule has 3 nitrogen and oxygen atoms in total. The highest BCUT2D eigenvalue weighted by Gasteiger charge is 2.33. The van der Waals surface area contributed by atoms with E-state index in [1.807, 2.05) is 0 Å². The van der Waals surface area contributed by atoms with E-state index in [-0.39, 0.29) is 18.6 Å². The third kappa shape index (κ3) is 5.26. The Morgan fingerprint density at radius 3 is 2.26 bits per heavy atom. The summed E-state index contributed by atoms with van der Waals surface area (Å²) in [5.41, 5.74) is -0.840. The van der Waals surface area contributed by atoms with E-state index in [9.17, 15) is 31.9 Å². The Hall–Kier alpha value is -2.48. The third-order valence-electron chi connectivity index (χ3n) is 3.99. The van der Waals surface area contributed by atoms with Gasteiger partial charge in [-0.25, -0.2) is 8.78 Å². The minimum atomic E-state index is -4.50. The number of carbonyl (C=O) groups excluding carboxylic acids is 1. The van der Waals surface area contributed by atoms with Crippen molar-refractivity contribution >= 4 is 5.97 Å². The highest BCUT2D eigenvalue weighted by atomic mass is 19.4. The molecule has 0 fully saturated rings. The van der Waals surface area contributed by atoms with Gasteiger partial charge >= 0.3 is 12.1 Å². The van der Waals surface area contributed by atoms with Crippen molar-refractivity contribution in [1.29, 1.82) is 0 Å². The summed E-state index contributed by atoms with van der Waals surface area (Å²) in [6.45, 7) is 1.54. The quantitative estimate of drug-likeness (QED) is 0.588. The second kappa shape index (κ2) is 8.47. The molecule has 0 aliphatic heterocycles. The van der Waals surface area contributed by atoms with Gasteiger partial charge in [0, 0.05) is 11.6 Å². The number of aliphatic hydroxyl groups is 1. The maximum Gasteiger partial charge on any atom is 0.416 e. The lowest BCUT2D eigenvalue weighted by Crippen LogP contribution is -2.27. The zero-order valence-electron chi connectivity index (χ0n) is 14.3. The average molecular weight is 388 g/mol. The number of hydrogen-bond acceptors (Lipinski definition) is 3. The van der Waals surface area contributed by atoms with Gasteiger partial charge in [-0.15, -0.1) is 0 Å². The summed E-state index contributed by atoms with van der Waals surface area (Å²) in [5.74, 6) is -4.00. The van der Waals surface area contributed by atoms with Crippen molar-refractivity contribution < 1.29 is 36.6 Å². The van der Waals surface area contributed by atoms with E-state index >= 15 is 0 Å². The van der Waals surface area contributed by atoms with Crippen molar-refractivity contribution in [3.05, 3.63) is 70.8 Å². The van der Waals surface area contributed by atoms with E-state index in [1.165, 1.54) is 19.1 Å². The van der Waals surface area contributed by atoms with Gasteiger partial charge in [0.2, 0.25) is 0 Å². The van der Waals surface area contributed by atoms with Gasteiger partial charge in [-0.1, -0.05) is 18.2 Å². The van der Waals surface area contributed by atoms with Gasteiger partial charge in [0.05, 0.1) is 24.2 Å². The third-order valence-corrected chi connectivity index (χ3v) is 3.99. The minimum Gasteiger partial charge on any atom is -0.466 e. The molecule has 2 rings (SSSR count). The fourth-order valence-electron chi connectivity index (χ4n) is 2.62. The number of carbonyl (C=O) groups is 1. The van der Waals surface area contributed by atoms with Crippen molar-refractivity contribution in [2.75, 3.05) is 6.61 Å². The zero-order chi connectivity index (χ0) is 20.2. The Balaban J connectivity index is 2.30. The highest BCUT2D eigenvalue weighted by molar-refractivity contribution is 5.74. The Kier molecular flexibility index (Phi) is 6.54. The summed E-state index contributed by atoms with van der Waals surface area (Å²) in [4.78, 5) is 12.2. The van der Waals surface area contributed by atoms with Crippen LogP contribution in [0.4, 0.5) is 22.0 Å². The van der Waals surface area contributed by atoms with Crippen LogP contribution in [0, 0.1) is 17.6 Å². The van der Waals surface area contributed by atoms with Gasteiger partial charge < -0.3 is 9.84 Å². The van der Waals surface area contributed by atoms with Crippen LogP contribution < -0.4 is 0 Å². The Bertz CT molecular complexity index is 787. The largest absolute Gasteiger partial charge is 0.466 e. The molecule has 0 heterocycles. The topological polar surface area (TPSA) is 46.5 Å². The van der Waals surface area contributed by atoms with Crippen molar-refractivity contribution in [2.45, 2.75) is 25.6 Å². The smallest absolute Gasteiger partial charge is 0.416 e. The van der Waals surface area contributed by atoms with Gasteiger partial charge in [-0.2, -0.15) is 13.2 Å². The van der Waals surface area contributed by atoms with E-state index in [4.69, 9.17) is 4.74 Å². The van der Waals surface area contributed by atoms with Crippen LogP contribution >= 0.6 is 0 Å². The monoisotopic (exact) mass is 388 g/mol. The Morgan fingerprint density at radius 2 is 1.74 bits per heavy atom. The molecule has 2 aromatic rings. The van der Waals surface area contributed by atoms with Crippen molar-refractivity contribution in [3.63, 3.8) is 0 Å². The van der Waals surface area contributed by atoms with Crippen LogP contribution in [-0.4, -0.2) is 17.7 Å². The fraction of sp³-hybridized carbons (Fsp3) is 0.316. The van der Waals surface area contributed by atoms with Gasteiger partial charge in [-0.05, 0) is 37.1 Å². The molecule has 0 saturated carbocycles. The molecule has 2 aromatic carbocycles. The number of ether oxygens (including phenoxy) is 1. The summed E-state index contributed by atoms with van der Waals surface area (Å²) in [5, 5.41) is 10.5. The number of hydrogen-bond donors (Lipinski definition) is 1. The van der Waals surface area contributed by atoms with Crippen LogP contribution in [0.2, 0.25) is 0 Å². The second-order valence-electron chi connectivity index (χ2n) is 5.87. The first-order valence-corrected chi connectivity index (χ1v) is 8.09. The first-order chi connectivity index (χ1) is 12.6. The second-order valence-corrected chi connectivity index (χ2v) is 5.87. The highest BCUT2D eigenvalue weighted by Crippen LogP contribution is 2.32.